The summed E-state index contributed by atoms with van der Waals surface area (Å²) in [5.74, 6) is -4.70. The maximum atomic E-state index is 13.0. The zero-order valence-electron chi connectivity index (χ0n) is 48.1. The fraction of sp³-hybridized carbons (Fsp3) is 0.846. The molecule has 1 aliphatic rings. The molecule has 0 radical (unpaired) electrons. The fourth-order valence-corrected chi connectivity index (χ4v) is 7.57. The first-order valence-electron chi connectivity index (χ1n) is 26.4. The van der Waals surface area contributed by atoms with Gasteiger partial charge in [0, 0.05) is 74.3 Å². The van der Waals surface area contributed by atoms with E-state index in [0.717, 1.165) is 38.4 Å². The number of hydrogen-bond donors (Lipinski definition) is 8. The molecule has 0 aromatic heterocycles. The van der Waals surface area contributed by atoms with Crippen LogP contribution in [0.1, 0.15) is 134 Å². The Morgan fingerprint density at radius 3 is 1.68 bits per heavy atom. The van der Waals surface area contributed by atoms with E-state index >= 15 is 0 Å². The number of primary amides is 1. The topological polar surface area (TPSA) is 312 Å². The van der Waals surface area contributed by atoms with Gasteiger partial charge in [-0.25, -0.2) is 0 Å². The molecular formula is C52H101N9O14. The molecule has 438 valence electrons. The number of likely N-dealkylation sites (N-methyl/N-ethyl adjacent to an activating group) is 1. The number of carbonyl (C=O) groups excluding carboxylic acids is 5. The first-order valence-corrected chi connectivity index (χ1v) is 26.4. The maximum absolute atomic E-state index is 13.0. The molecular weight excluding hydrogens is 975 g/mol. The number of carbonyl (C=O) groups is 8. The molecule has 0 saturated carbocycles. The predicted octanol–water partition coefficient (Wildman–Crippen LogP) is 2.65. The highest BCUT2D eigenvalue weighted by molar-refractivity contribution is 5.81. The van der Waals surface area contributed by atoms with E-state index < -0.39 is 59.7 Å². The number of carboxylic acids is 3. The van der Waals surface area contributed by atoms with Crippen molar-refractivity contribution in [3.8, 4) is 0 Å². The first-order chi connectivity index (χ1) is 35.0. The Morgan fingerprint density at radius 2 is 1.16 bits per heavy atom. The number of aliphatic carboxylic acids is 3. The minimum absolute atomic E-state index is 0.00765. The van der Waals surface area contributed by atoms with Crippen LogP contribution in [0.25, 0.3) is 0 Å². The molecule has 75 heavy (non-hydrogen) atoms. The number of ether oxygens (including phenoxy) is 3. The lowest BCUT2D eigenvalue weighted by atomic mass is 9.92. The number of amides is 4. The van der Waals surface area contributed by atoms with Crippen LogP contribution in [0.2, 0.25) is 0 Å². The van der Waals surface area contributed by atoms with Gasteiger partial charge in [-0.05, 0) is 39.2 Å². The van der Waals surface area contributed by atoms with Crippen molar-refractivity contribution in [2.24, 2.45) is 27.4 Å². The first kappa shape index (κ1) is 72.7. The molecule has 1 saturated heterocycles. The summed E-state index contributed by atoms with van der Waals surface area (Å²) < 4.78 is 16.6. The summed E-state index contributed by atoms with van der Waals surface area (Å²) >= 11 is 0. The highest BCUT2D eigenvalue weighted by atomic mass is 16.5. The SMILES string of the molecule is CC.CCCCCC(=O)NCCCCC(NC)C(=O)NCC(C)(C)COCC(C)(C)CNC(=O)CCC(C(=O)O)N1CN(CC(N)=O)CCN(CC(=O)O)CN(CC(=O)O)C1.COCC(C)(C)COCC(C)(C)C=O. The van der Waals surface area contributed by atoms with Crippen molar-refractivity contribution in [1.29, 1.82) is 0 Å². The Labute approximate surface area is 448 Å². The van der Waals surface area contributed by atoms with Crippen molar-refractivity contribution in [2.75, 3.05) is 120 Å². The van der Waals surface area contributed by atoms with E-state index in [1.54, 1.807) is 19.1 Å². The number of carboxylic acid groups (broad SMARTS) is 3. The van der Waals surface area contributed by atoms with E-state index in [2.05, 4.69) is 42.0 Å². The average Bonchev–Trinajstić information content (AvgIpc) is 3.37. The molecule has 0 aromatic rings. The summed E-state index contributed by atoms with van der Waals surface area (Å²) in [4.78, 5) is 102. The van der Waals surface area contributed by atoms with Gasteiger partial charge in [-0.2, -0.15) is 0 Å². The van der Waals surface area contributed by atoms with Gasteiger partial charge in [0.25, 0.3) is 0 Å². The summed E-state index contributed by atoms with van der Waals surface area (Å²) in [6.07, 6.45) is 6.39. The third-order valence-corrected chi connectivity index (χ3v) is 11.6. The molecule has 4 amide bonds. The van der Waals surface area contributed by atoms with Crippen LogP contribution in [0, 0.1) is 21.7 Å². The zero-order chi connectivity index (χ0) is 57.8. The van der Waals surface area contributed by atoms with Crippen LogP contribution < -0.4 is 27.0 Å². The molecule has 1 fully saturated rings. The minimum atomic E-state index is -1.25. The van der Waals surface area contributed by atoms with Gasteiger partial charge in [0.15, 0.2) is 0 Å². The highest BCUT2D eigenvalue weighted by Gasteiger charge is 2.33. The zero-order valence-corrected chi connectivity index (χ0v) is 48.1. The fourth-order valence-electron chi connectivity index (χ4n) is 7.57. The lowest BCUT2D eigenvalue weighted by Gasteiger charge is -2.35. The van der Waals surface area contributed by atoms with Crippen molar-refractivity contribution in [3.05, 3.63) is 0 Å². The summed E-state index contributed by atoms with van der Waals surface area (Å²) in [5, 5.41) is 41.0. The molecule has 23 nitrogen and oxygen atoms in total. The Balaban J connectivity index is 0. The molecule has 2 atom stereocenters. The van der Waals surface area contributed by atoms with Gasteiger partial charge in [-0.15, -0.1) is 0 Å². The van der Waals surface area contributed by atoms with E-state index in [4.69, 9.17) is 19.9 Å². The highest BCUT2D eigenvalue weighted by Crippen LogP contribution is 2.21. The van der Waals surface area contributed by atoms with E-state index in [1.165, 1.54) is 14.7 Å². The number of nitrogens with one attached hydrogen (secondary N) is 4. The Bertz CT molecular complexity index is 1680. The van der Waals surface area contributed by atoms with E-state index in [9.17, 15) is 53.7 Å². The van der Waals surface area contributed by atoms with Gasteiger partial charge in [0.1, 0.15) is 12.3 Å². The van der Waals surface area contributed by atoms with Gasteiger partial charge < -0.3 is 61.3 Å². The molecule has 1 aliphatic heterocycles. The summed E-state index contributed by atoms with van der Waals surface area (Å²) in [7, 11) is 3.42. The maximum Gasteiger partial charge on any atom is 0.321 e. The molecule has 0 aromatic carbocycles. The van der Waals surface area contributed by atoms with Crippen molar-refractivity contribution < 1.29 is 67.9 Å². The molecule has 1 rings (SSSR count). The van der Waals surface area contributed by atoms with Crippen LogP contribution in [0.3, 0.4) is 0 Å². The third-order valence-electron chi connectivity index (χ3n) is 11.6. The van der Waals surface area contributed by atoms with Gasteiger partial charge in [0.2, 0.25) is 23.6 Å². The number of nitrogens with zero attached hydrogens (tertiary/aromatic N) is 4. The third kappa shape index (κ3) is 37.9. The van der Waals surface area contributed by atoms with Crippen LogP contribution in [-0.2, 0) is 52.6 Å². The normalized spacial score (nSPS) is 15.3. The summed E-state index contributed by atoms with van der Waals surface area (Å²) in [6, 6.07) is -1.61. The molecule has 0 spiro atoms. The number of aldehydes is 1. The predicted molar refractivity (Wildman–Crippen MR) is 287 cm³/mol. The van der Waals surface area contributed by atoms with Gasteiger partial charge in [-0.1, -0.05) is 89.0 Å². The molecule has 0 aliphatic carbocycles. The molecule has 1 heterocycles. The second-order valence-corrected chi connectivity index (χ2v) is 22.2. The summed E-state index contributed by atoms with van der Waals surface area (Å²) in [6.45, 7) is 24.1. The number of unbranched alkanes of at least 4 members (excludes halogenated alkanes) is 3. The minimum Gasteiger partial charge on any atom is -0.480 e. The Morgan fingerprint density at radius 1 is 0.640 bits per heavy atom. The van der Waals surface area contributed by atoms with Crippen LogP contribution in [-0.4, -0.2) is 214 Å². The monoisotopic (exact) mass is 1080 g/mol. The lowest BCUT2D eigenvalue weighted by Crippen LogP contribution is -2.53. The van der Waals surface area contributed by atoms with Crippen molar-refractivity contribution in [1.82, 2.24) is 40.9 Å². The number of methoxy groups -OCH3 is 1. The summed E-state index contributed by atoms with van der Waals surface area (Å²) in [5.41, 5.74) is 4.17. The van der Waals surface area contributed by atoms with Gasteiger partial charge in [0.05, 0.1) is 78.7 Å². The van der Waals surface area contributed by atoms with Crippen LogP contribution in [0.4, 0.5) is 0 Å². The quantitative estimate of drug-likeness (QED) is 0.0328. The number of hydrogen-bond acceptors (Lipinski definition) is 16. The lowest BCUT2D eigenvalue weighted by molar-refractivity contribution is -0.146. The number of nitrogens with two attached hydrogens (primary N) is 1. The molecule has 0 bridgehead atoms. The molecule has 2 unspecified atom stereocenters. The van der Waals surface area contributed by atoms with Crippen molar-refractivity contribution in [2.45, 2.75) is 146 Å². The van der Waals surface area contributed by atoms with E-state index in [1.807, 2.05) is 55.4 Å². The van der Waals surface area contributed by atoms with Crippen LogP contribution in [0.15, 0.2) is 0 Å². The van der Waals surface area contributed by atoms with Gasteiger partial charge in [-0.3, -0.25) is 53.2 Å². The molecule has 9 N–H and O–H groups in total. The van der Waals surface area contributed by atoms with Crippen LogP contribution in [0.5, 0.6) is 0 Å². The van der Waals surface area contributed by atoms with E-state index in [-0.39, 0.29) is 87.7 Å². The molecule has 23 heteroatoms. The van der Waals surface area contributed by atoms with Crippen molar-refractivity contribution >= 4 is 47.8 Å². The second kappa shape index (κ2) is 39.1. The largest absolute Gasteiger partial charge is 0.480 e. The standard InChI is InChI=1S/C39H73N9O11.C11H22O3.C2H6/c1-7-8-9-13-32(50)42-16-11-10-12-29(41-6)36(56)44-23-39(4,5)25-59-24-38(2,3)22-43-33(51)15-14-30(37(57)58)48-27-45(19-31(40)49)17-18-46(20-34(52)53)26-47(28-48)21-35(54)55;1-10(2,6-12)8-14-9-11(3,4)7-13-5;1-2/h29-30,41H,7-28H2,1-6H3,(H2,40,49)(H,42,50)(H,43,51)(H,44,56)(H,52,53)(H,54,55)(H,57,58);6H,7-9H2,1-5H3;1-2H3. The van der Waals surface area contributed by atoms with E-state index in [0.29, 0.717) is 59.0 Å². The van der Waals surface area contributed by atoms with Crippen molar-refractivity contribution in [3.63, 3.8) is 0 Å². The van der Waals surface area contributed by atoms with Crippen LogP contribution >= 0.6 is 0 Å². The Hall–Kier alpha value is -4.36. The number of rotatable bonds is 37. The Kier molecular flexibility index (Phi) is 37.9. The second-order valence-electron chi connectivity index (χ2n) is 22.2. The van der Waals surface area contributed by atoms with Gasteiger partial charge >= 0.3 is 17.9 Å². The average molecular weight is 1080 g/mol. The smallest absolute Gasteiger partial charge is 0.321 e.